The van der Waals surface area contributed by atoms with Crippen LogP contribution >= 0.6 is 0 Å². The molecule has 3 atom stereocenters. The van der Waals surface area contributed by atoms with Crippen LogP contribution in [-0.4, -0.2) is 42.5 Å². The lowest BCUT2D eigenvalue weighted by Crippen LogP contribution is -2.48. The van der Waals surface area contributed by atoms with Gasteiger partial charge in [0.2, 0.25) is 15.7 Å². The number of likely N-dealkylation sites (tertiary alicyclic amines) is 1. The monoisotopic (exact) mass is 310 g/mol. The molecule has 21 heavy (non-hydrogen) atoms. The highest BCUT2D eigenvalue weighted by Crippen LogP contribution is 2.23. The van der Waals surface area contributed by atoms with Crippen LogP contribution < -0.4 is 0 Å². The first-order chi connectivity index (χ1) is 9.82. The van der Waals surface area contributed by atoms with Crippen LogP contribution in [-0.2, 0) is 14.6 Å². The maximum atomic E-state index is 12.5. The van der Waals surface area contributed by atoms with Crippen LogP contribution in [0.3, 0.4) is 0 Å². The number of hydrogen-bond donors (Lipinski definition) is 0. The lowest BCUT2D eigenvalue weighted by Gasteiger charge is -2.36. The van der Waals surface area contributed by atoms with Crippen LogP contribution in [0.5, 0.6) is 0 Å². The summed E-state index contributed by atoms with van der Waals surface area (Å²) >= 11 is 0. The molecule has 0 radical (unpaired) electrons. The van der Waals surface area contributed by atoms with E-state index in [1.54, 1.807) is 17.0 Å². The minimum atomic E-state index is -3.72. The number of aromatic nitrogens is 1. The normalized spacial score (nSPS) is 24.6. The van der Waals surface area contributed by atoms with E-state index in [0.717, 1.165) is 6.42 Å². The number of piperidine rings is 1. The summed E-state index contributed by atoms with van der Waals surface area (Å²) in [7, 11) is -3.72. The summed E-state index contributed by atoms with van der Waals surface area (Å²) in [5.41, 5.74) is 0. The molecule has 2 heterocycles. The zero-order chi connectivity index (χ0) is 15.6. The number of pyridine rings is 1. The van der Waals surface area contributed by atoms with E-state index in [1.807, 2.05) is 0 Å². The molecule has 0 bridgehead atoms. The number of sulfone groups is 1. The molecule has 0 aliphatic carbocycles. The Morgan fingerprint density at radius 3 is 2.43 bits per heavy atom. The van der Waals surface area contributed by atoms with Gasteiger partial charge in [0.25, 0.3) is 0 Å². The fourth-order valence-corrected chi connectivity index (χ4v) is 4.18. The first-order valence-corrected chi connectivity index (χ1v) is 8.80. The number of amides is 1. The number of rotatable bonds is 3. The highest BCUT2D eigenvalue weighted by molar-refractivity contribution is 7.92. The van der Waals surface area contributed by atoms with Crippen LogP contribution in [0.2, 0.25) is 0 Å². The second-order valence-corrected chi connectivity index (χ2v) is 8.26. The van der Waals surface area contributed by atoms with E-state index in [2.05, 4.69) is 18.8 Å². The van der Waals surface area contributed by atoms with Crippen molar-refractivity contribution in [2.45, 2.75) is 37.5 Å². The molecule has 1 aromatic rings. The molecule has 1 aliphatic heterocycles. The van der Waals surface area contributed by atoms with Crippen molar-refractivity contribution in [3.8, 4) is 0 Å². The van der Waals surface area contributed by atoms with Gasteiger partial charge in [-0.25, -0.2) is 13.4 Å². The summed E-state index contributed by atoms with van der Waals surface area (Å²) in [5.74, 6) is 0.490. The van der Waals surface area contributed by atoms with E-state index in [-0.39, 0.29) is 10.9 Å². The van der Waals surface area contributed by atoms with Crippen molar-refractivity contribution < 1.29 is 13.2 Å². The van der Waals surface area contributed by atoms with E-state index in [1.165, 1.54) is 19.2 Å². The third kappa shape index (κ3) is 3.43. The molecule has 1 aliphatic rings. The summed E-state index contributed by atoms with van der Waals surface area (Å²) in [5, 5.41) is -1.13. The Morgan fingerprint density at radius 1 is 1.29 bits per heavy atom. The van der Waals surface area contributed by atoms with E-state index >= 15 is 0 Å². The van der Waals surface area contributed by atoms with Gasteiger partial charge in [0, 0.05) is 19.3 Å². The minimum absolute atomic E-state index is 0.0380. The van der Waals surface area contributed by atoms with Crippen LogP contribution in [0.25, 0.3) is 0 Å². The Hall–Kier alpha value is -1.43. The molecule has 0 saturated carbocycles. The van der Waals surface area contributed by atoms with Gasteiger partial charge in [-0.2, -0.15) is 0 Å². The van der Waals surface area contributed by atoms with Crippen LogP contribution in [0.15, 0.2) is 29.4 Å². The Kier molecular flexibility index (Phi) is 4.66. The van der Waals surface area contributed by atoms with Gasteiger partial charge in [0.1, 0.15) is 5.25 Å². The molecule has 116 valence electrons. The van der Waals surface area contributed by atoms with Crippen LogP contribution in [0.4, 0.5) is 0 Å². The molecule has 0 unspecified atom stereocenters. The maximum absolute atomic E-state index is 12.5. The standard InChI is InChI=1S/C15H22N2O3S/c1-11-8-12(2)10-17(9-11)15(18)13(3)21(19,20)14-6-4-5-7-16-14/h4-7,11-13H,8-10H2,1-3H3/t11-,12-,13-/m1/s1. The van der Waals surface area contributed by atoms with Gasteiger partial charge in [-0.3, -0.25) is 4.79 Å². The summed E-state index contributed by atoms with van der Waals surface area (Å²) in [4.78, 5) is 18.1. The molecular weight excluding hydrogens is 288 g/mol. The predicted molar refractivity (Wildman–Crippen MR) is 80.4 cm³/mol. The average molecular weight is 310 g/mol. The predicted octanol–water partition coefficient (Wildman–Crippen LogP) is 1.75. The van der Waals surface area contributed by atoms with E-state index in [0.29, 0.717) is 24.9 Å². The minimum Gasteiger partial charge on any atom is -0.341 e. The summed E-state index contributed by atoms with van der Waals surface area (Å²) in [6.45, 7) is 6.90. The second-order valence-electron chi connectivity index (χ2n) is 6.04. The average Bonchev–Trinajstić information content (AvgIpc) is 2.45. The first-order valence-electron chi connectivity index (χ1n) is 7.26. The zero-order valence-electron chi connectivity index (χ0n) is 12.7. The highest BCUT2D eigenvalue weighted by atomic mass is 32.2. The molecule has 1 amide bonds. The third-order valence-corrected chi connectivity index (χ3v) is 5.88. The second kappa shape index (κ2) is 6.13. The van der Waals surface area contributed by atoms with Gasteiger partial charge in [-0.05, 0) is 37.3 Å². The van der Waals surface area contributed by atoms with Gasteiger partial charge in [-0.1, -0.05) is 19.9 Å². The first kappa shape index (κ1) is 15.9. The molecule has 5 nitrogen and oxygen atoms in total. The van der Waals surface area contributed by atoms with Crippen LogP contribution in [0.1, 0.15) is 27.2 Å². The van der Waals surface area contributed by atoms with Gasteiger partial charge in [-0.15, -0.1) is 0 Å². The molecule has 0 aromatic carbocycles. The number of hydrogen-bond acceptors (Lipinski definition) is 4. The summed E-state index contributed by atoms with van der Waals surface area (Å²) in [6, 6.07) is 4.70. The van der Waals surface area contributed by atoms with Crippen molar-refractivity contribution in [3.05, 3.63) is 24.4 Å². The van der Waals surface area contributed by atoms with Crippen molar-refractivity contribution in [1.29, 1.82) is 0 Å². The Bertz CT molecular complexity index is 591. The van der Waals surface area contributed by atoms with E-state index in [4.69, 9.17) is 0 Å². The maximum Gasteiger partial charge on any atom is 0.241 e. The van der Waals surface area contributed by atoms with Crippen molar-refractivity contribution in [1.82, 2.24) is 9.88 Å². The zero-order valence-corrected chi connectivity index (χ0v) is 13.5. The summed E-state index contributed by atoms with van der Waals surface area (Å²) < 4.78 is 24.9. The highest BCUT2D eigenvalue weighted by Gasteiger charge is 2.36. The third-order valence-electron chi connectivity index (χ3n) is 3.92. The molecule has 0 N–H and O–H groups in total. The number of carbonyl (C=O) groups is 1. The Balaban J connectivity index is 2.19. The Labute approximate surface area is 126 Å². The molecule has 2 rings (SSSR count). The van der Waals surface area contributed by atoms with Crippen molar-refractivity contribution >= 4 is 15.7 Å². The number of carbonyl (C=O) groups excluding carboxylic acids is 1. The molecule has 1 aromatic heterocycles. The molecule has 0 spiro atoms. The van der Waals surface area contributed by atoms with Crippen molar-refractivity contribution in [2.75, 3.05) is 13.1 Å². The molecular formula is C15H22N2O3S. The van der Waals surface area contributed by atoms with Crippen molar-refractivity contribution in [3.63, 3.8) is 0 Å². The SMILES string of the molecule is C[C@@H]1C[C@@H](C)CN(C(=O)[C@@H](C)S(=O)(=O)c2ccccn2)C1. The largest absolute Gasteiger partial charge is 0.341 e. The molecule has 1 saturated heterocycles. The van der Waals surface area contributed by atoms with Crippen molar-refractivity contribution in [2.24, 2.45) is 11.8 Å². The quantitative estimate of drug-likeness (QED) is 0.853. The molecule has 6 heteroatoms. The fraction of sp³-hybridized carbons (Fsp3) is 0.600. The summed E-state index contributed by atoms with van der Waals surface area (Å²) in [6.07, 6.45) is 2.50. The van der Waals surface area contributed by atoms with Gasteiger partial charge >= 0.3 is 0 Å². The lowest BCUT2D eigenvalue weighted by molar-refractivity contribution is -0.133. The van der Waals surface area contributed by atoms with E-state index < -0.39 is 15.1 Å². The van der Waals surface area contributed by atoms with Crippen LogP contribution in [0, 0.1) is 11.8 Å². The van der Waals surface area contributed by atoms with E-state index in [9.17, 15) is 13.2 Å². The molecule has 1 fully saturated rings. The topological polar surface area (TPSA) is 67.3 Å². The van der Waals surface area contributed by atoms with Gasteiger partial charge < -0.3 is 4.90 Å². The smallest absolute Gasteiger partial charge is 0.241 e. The fourth-order valence-electron chi connectivity index (χ4n) is 2.93. The Morgan fingerprint density at radius 2 is 1.90 bits per heavy atom. The number of nitrogens with zero attached hydrogens (tertiary/aromatic N) is 2. The lowest BCUT2D eigenvalue weighted by atomic mass is 9.92. The van der Waals surface area contributed by atoms with Gasteiger partial charge in [0.15, 0.2) is 5.03 Å². The van der Waals surface area contributed by atoms with Gasteiger partial charge in [0.05, 0.1) is 0 Å².